The summed E-state index contributed by atoms with van der Waals surface area (Å²) in [5, 5.41) is 0. The van der Waals surface area contributed by atoms with E-state index in [2.05, 4.69) is 16.9 Å². The summed E-state index contributed by atoms with van der Waals surface area (Å²) in [6.07, 6.45) is 3.96. The van der Waals surface area contributed by atoms with Crippen LogP contribution in [-0.4, -0.2) is 78.6 Å². The van der Waals surface area contributed by atoms with E-state index in [4.69, 9.17) is 4.74 Å². The van der Waals surface area contributed by atoms with Gasteiger partial charge in [-0.3, -0.25) is 4.90 Å². The Morgan fingerprint density at radius 2 is 2.22 bits per heavy atom. The third kappa shape index (κ3) is 3.27. The predicted molar refractivity (Wildman–Crippen MR) is 88.5 cm³/mol. The minimum atomic E-state index is 0.107. The molecule has 2 saturated heterocycles. The maximum Gasteiger partial charge on any atom is 0.319 e. The average Bonchev–Trinajstić information content (AvgIpc) is 2.52. The number of amides is 2. The van der Waals surface area contributed by atoms with Crippen LogP contribution >= 0.6 is 0 Å². The summed E-state index contributed by atoms with van der Waals surface area (Å²) in [4.78, 5) is 22.3. The molecule has 0 bridgehead atoms. The van der Waals surface area contributed by atoms with Crippen LogP contribution in [0.4, 0.5) is 4.79 Å². The zero-order valence-electron chi connectivity index (χ0n) is 14.2. The second-order valence-electron chi connectivity index (χ2n) is 7.02. The minimum absolute atomic E-state index is 0.107. The molecular formula is C17H26N4O2. The number of likely N-dealkylation sites (N-methyl/N-ethyl adjacent to an activating group) is 1. The molecule has 2 aliphatic rings. The van der Waals surface area contributed by atoms with Crippen molar-refractivity contribution < 1.29 is 9.53 Å². The highest BCUT2D eigenvalue weighted by molar-refractivity contribution is 5.75. The number of rotatable bonds is 3. The van der Waals surface area contributed by atoms with E-state index in [0.29, 0.717) is 18.4 Å². The Labute approximate surface area is 138 Å². The Kier molecular flexibility index (Phi) is 4.43. The van der Waals surface area contributed by atoms with Gasteiger partial charge < -0.3 is 14.5 Å². The van der Waals surface area contributed by atoms with Gasteiger partial charge in [-0.25, -0.2) is 9.78 Å². The predicted octanol–water partition coefficient (Wildman–Crippen LogP) is 1.54. The van der Waals surface area contributed by atoms with E-state index < -0.39 is 0 Å². The molecule has 3 heterocycles. The largest absolute Gasteiger partial charge is 0.477 e. The van der Waals surface area contributed by atoms with Crippen molar-refractivity contribution in [3.05, 3.63) is 24.4 Å². The summed E-state index contributed by atoms with van der Waals surface area (Å²) in [5.74, 6) is 1.21. The molecule has 6 nitrogen and oxygen atoms in total. The molecule has 1 spiro atoms. The Morgan fingerprint density at radius 3 is 2.87 bits per heavy atom. The van der Waals surface area contributed by atoms with Crippen molar-refractivity contribution in [1.29, 1.82) is 0 Å². The molecule has 126 valence electrons. The van der Waals surface area contributed by atoms with Gasteiger partial charge >= 0.3 is 6.03 Å². The first-order chi connectivity index (χ1) is 11.0. The first-order valence-electron chi connectivity index (χ1n) is 8.21. The third-order valence-corrected chi connectivity index (χ3v) is 5.08. The first-order valence-corrected chi connectivity index (χ1v) is 8.21. The second-order valence-corrected chi connectivity index (χ2v) is 7.02. The minimum Gasteiger partial charge on any atom is -0.477 e. The summed E-state index contributed by atoms with van der Waals surface area (Å²) < 4.78 is 5.84. The van der Waals surface area contributed by atoms with Crippen LogP contribution in [0.1, 0.15) is 12.8 Å². The smallest absolute Gasteiger partial charge is 0.319 e. The summed E-state index contributed by atoms with van der Waals surface area (Å²) in [7, 11) is 5.79. The van der Waals surface area contributed by atoms with Crippen molar-refractivity contribution in [2.24, 2.45) is 5.92 Å². The maximum absolute atomic E-state index is 12.1. The van der Waals surface area contributed by atoms with E-state index in [0.717, 1.165) is 32.5 Å². The number of hydrogen-bond donors (Lipinski definition) is 0. The van der Waals surface area contributed by atoms with E-state index in [1.165, 1.54) is 0 Å². The summed E-state index contributed by atoms with van der Waals surface area (Å²) in [6.45, 7) is 3.40. The quantitative estimate of drug-likeness (QED) is 0.848. The van der Waals surface area contributed by atoms with Crippen molar-refractivity contribution >= 4 is 6.03 Å². The second kappa shape index (κ2) is 6.35. The van der Waals surface area contributed by atoms with Crippen LogP contribution in [0.15, 0.2) is 24.4 Å². The fourth-order valence-electron chi connectivity index (χ4n) is 3.64. The standard InChI is InChI=1S/C17H26N4O2/c1-19(2)16(22)21-12-17(13-21)10-14(7-9-20(17)3)11-23-15-6-4-5-8-18-15/h4-6,8,14H,7,9-13H2,1-3H3/t14-/m1/s1. The Hall–Kier alpha value is -1.82. The topological polar surface area (TPSA) is 48.9 Å². The van der Waals surface area contributed by atoms with E-state index >= 15 is 0 Å². The zero-order valence-corrected chi connectivity index (χ0v) is 14.2. The molecule has 2 aliphatic heterocycles. The summed E-state index contributed by atoms with van der Waals surface area (Å²) in [6, 6.07) is 5.83. The lowest BCUT2D eigenvalue weighted by Gasteiger charge is -2.58. The summed E-state index contributed by atoms with van der Waals surface area (Å²) >= 11 is 0. The number of carbonyl (C=O) groups excluding carboxylic acids is 1. The van der Waals surface area contributed by atoms with E-state index in [9.17, 15) is 4.79 Å². The molecule has 2 amide bonds. The number of aromatic nitrogens is 1. The number of nitrogens with zero attached hydrogens (tertiary/aromatic N) is 4. The van der Waals surface area contributed by atoms with Gasteiger partial charge in [-0.2, -0.15) is 0 Å². The molecule has 1 atom stereocenters. The highest BCUT2D eigenvalue weighted by Gasteiger charge is 2.51. The third-order valence-electron chi connectivity index (χ3n) is 5.08. The fraction of sp³-hybridized carbons (Fsp3) is 0.647. The Balaban J connectivity index is 1.55. The lowest BCUT2D eigenvalue weighted by molar-refractivity contribution is -0.0679. The number of pyridine rings is 1. The molecule has 0 radical (unpaired) electrons. The number of carbonyl (C=O) groups is 1. The van der Waals surface area contributed by atoms with Crippen LogP contribution in [0.2, 0.25) is 0 Å². The number of likely N-dealkylation sites (tertiary alicyclic amines) is 2. The molecule has 2 fully saturated rings. The van der Waals surface area contributed by atoms with Gasteiger partial charge in [-0.15, -0.1) is 0 Å². The molecular weight excluding hydrogens is 292 g/mol. The molecule has 0 aliphatic carbocycles. The number of piperidine rings is 1. The molecule has 0 unspecified atom stereocenters. The maximum atomic E-state index is 12.1. The van der Waals surface area contributed by atoms with Crippen molar-refractivity contribution in [3.8, 4) is 5.88 Å². The molecule has 6 heteroatoms. The van der Waals surface area contributed by atoms with Gasteiger partial charge in [0.25, 0.3) is 0 Å². The lowest BCUT2D eigenvalue weighted by atomic mass is 9.75. The SMILES string of the molecule is CN(C)C(=O)N1CC2(C[C@H](COc3ccccn3)CCN2C)C1. The molecule has 1 aromatic rings. The van der Waals surface area contributed by atoms with Gasteiger partial charge in [0.15, 0.2) is 0 Å². The van der Waals surface area contributed by atoms with Crippen LogP contribution in [-0.2, 0) is 0 Å². The Morgan fingerprint density at radius 1 is 1.43 bits per heavy atom. The van der Waals surface area contributed by atoms with Crippen LogP contribution in [0.25, 0.3) is 0 Å². The molecule has 23 heavy (non-hydrogen) atoms. The van der Waals surface area contributed by atoms with Crippen molar-refractivity contribution in [1.82, 2.24) is 19.7 Å². The van der Waals surface area contributed by atoms with Crippen LogP contribution in [0, 0.1) is 5.92 Å². The number of urea groups is 1. The van der Waals surface area contributed by atoms with Gasteiger partial charge in [0.05, 0.1) is 12.1 Å². The molecule has 3 rings (SSSR count). The van der Waals surface area contributed by atoms with Gasteiger partial charge in [0, 0.05) is 39.4 Å². The van der Waals surface area contributed by atoms with Crippen LogP contribution in [0.5, 0.6) is 5.88 Å². The van der Waals surface area contributed by atoms with Gasteiger partial charge in [0.1, 0.15) is 0 Å². The van der Waals surface area contributed by atoms with E-state index in [1.54, 1.807) is 25.2 Å². The van der Waals surface area contributed by atoms with E-state index in [-0.39, 0.29) is 11.6 Å². The molecule has 0 saturated carbocycles. The highest BCUT2D eigenvalue weighted by atomic mass is 16.5. The molecule has 0 N–H and O–H groups in total. The number of ether oxygens (including phenoxy) is 1. The highest BCUT2D eigenvalue weighted by Crippen LogP contribution is 2.38. The van der Waals surface area contributed by atoms with Gasteiger partial charge in [0.2, 0.25) is 5.88 Å². The van der Waals surface area contributed by atoms with Gasteiger partial charge in [-0.05, 0) is 38.4 Å². The van der Waals surface area contributed by atoms with Crippen LogP contribution < -0.4 is 4.74 Å². The monoisotopic (exact) mass is 318 g/mol. The van der Waals surface area contributed by atoms with Crippen molar-refractivity contribution in [3.63, 3.8) is 0 Å². The average molecular weight is 318 g/mol. The molecule has 1 aromatic heterocycles. The Bertz CT molecular complexity index is 543. The van der Waals surface area contributed by atoms with Gasteiger partial charge in [-0.1, -0.05) is 6.07 Å². The fourth-order valence-corrected chi connectivity index (χ4v) is 3.64. The molecule has 0 aromatic carbocycles. The summed E-state index contributed by atoms with van der Waals surface area (Å²) in [5.41, 5.74) is 0.127. The number of hydrogen-bond acceptors (Lipinski definition) is 4. The van der Waals surface area contributed by atoms with E-state index in [1.807, 2.05) is 23.1 Å². The first kappa shape index (κ1) is 16.1. The van der Waals surface area contributed by atoms with Crippen molar-refractivity contribution in [2.45, 2.75) is 18.4 Å². The van der Waals surface area contributed by atoms with Crippen LogP contribution in [0.3, 0.4) is 0 Å². The zero-order chi connectivity index (χ0) is 16.4. The normalized spacial score (nSPS) is 23.4. The lowest BCUT2D eigenvalue weighted by Crippen LogP contribution is -2.73. The van der Waals surface area contributed by atoms with Crippen molar-refractivity contribution in [2.75, 3.05) is 47.4 Å².